The molecule has 0 bridgehead atoms. The molecule has 0 radical (unpaired) electrons. The average molecular weight is 413 g/mol. The molecule has 0 spiro atoms. The van der Waals surface area contributed by atoms with E-state index in [1.54, 1.807) is 42.5 Å². The molecule has 1 aliphatic carbocycles. The van der Waals surface area contributed by atoms with E-state index in [0.717, 1.165) is 12.8 Å². The van der Waals surface area contributed by atoms with E-state index in [9.17, 15) is 18.0 Å². The van der Waals surface area contributed by atoms with E-state index < -0.39 is 16.1 Å². The van der Waals surface area contributed by atoms with Gasteiger partial charge in [-0.15, -0.1) is 0 Å². The molecule has 1 atom stereocenters. The first kappa shape index (κ1) is 19.6. The fourth-order valence-corrected chi connectivity index (χ4v) is 5.16. The first-order valence-electron chi connectivity index (χ1n) is 9.74. The summed E-state index contributed by atoms with van der Waals surface area (Å²) in [6.45, 7) is 0.305. The number of rotatable bonds is 6. The van der Waals surface area contributed by atoms with Gasteiger partial charge in [0.2, 0.25) is 15.9 Å². The number of nitrogens with zero attached hydrogens (tertiary/aromatic N) is 1. The van der Waals surface area contributed by atoms with Crippen molar-refractivity contribution in [3.8, 4) is 0 Å². The highest BCUT2D eigenvalue weighted by molar-refractivity contribution is 7.89. The van der Waals surface area contributed by atoms with Crippen LogP contribution in [0, 0.1) is 0 Å². The maximum atomic E-state index is 12.9. The fourth-order valence-electron chi connectivity index (χ4n) is 3.48. The van der Waals surface area contributed by atoms with Crippen molar-refractivity contribution in [3.63, 3.8) is 0 Å². The molecule has 2 aromatic rings. The maximum Gasteiger partial charge on any atom is 0.251 e. The Bertz CT molecular complexity index is 1020. The van der Waals surface area contributed by atoms with Crippen LogP contribution in [0.2, 0.25) is 0 Å². The largest absolute Gasteiger partial charge is 0.349 e. The van der Waals surface area contributed by atoms with Gasteiger partial charge in [-0.2, -0.15) is 4.31 Å². The summed E-state index contributed by atoms with van der Waals surface area (Å²) < 4.78 is 27.2. The van der Waals surface area contributed by atoms with Crippen LogP contribution >= 0.6 is 0 Å². The van der Waals surface area contributed by atoms with Crippen LogP contribution in [0.25, 0.3) is 0 Å². The SMILES string of the molecule is O=C(NC1CC1)c1cccc(NC(=O)C2CCCN2S(=O)(=O)c2ccccc2)c1. The Balaban J connectivity index is 1.48. The number of nitrogens with one attached hydrogen (secondary N) is 2. The topological polar surface area (TPSA) is 95.6 Å². The highest BCUT2D eigenvalue weighted by atomic mass is 32.2. The van der Waals surface area contributed by atoms with Gasteiger partial charge in [0.1, 0.15) is 6.04 Å². The van der Waals surface area contributed by atoms with Crippen molar-refractivity contribution < 1.29 is 18.0 Å². The molecule has 8 heteroatoms. The second-order valence-electron chi connectivity index (χ2n) is 7.40. The molecule has 1 aliphatic heterocycles. The number of carbonyl (C=O) groups excluding carboxylic acids is 2. The van der Waals surface area contributed by atoms with Crippen LogP contribution in [0.3, 0.4) is 0 Å². The molecule has 29 heavy (non-hydrogen) atoms. The van der Waals surface area contributed by atoms with E-state index in [1.807, 2.05) is 0 Å². The highest BCUT2D eigenvalue weighted by Crippen LogP contribution is 2.27. The Kier molecular flexibility index (Phi) is 5.38. The van der Waals surface area contributed by atoms with E-state index >= 15 is 0 Å². The molecule has 1 heterocycles. The minimum absolute atomic E-state index is 0.169. The molecule has 152 valence electrons. The van der Waals surface area contributed by atoms with Crippen molar-refractivity contribution in [2.45, 2.75) is 42.7 Å². The number of carbonyl (C=O) groups is 2. The van der Waals surface area contributed by atoms with Crippen LogP contribution in [-0.4, -0.2) is 43.2 Å². The molecule has 2 amide bonds. The van der Waals surface area contributed by atoms with Gasteiger partial charge < -0.3 is 10.6 Å². The maximum absolute atomic E-state index is 12.9. The van der Waals surface area contributed by atoms with Gasteiger partial charge in [0.05, 0.1) is 4.90 Å². The van der Waals surface area contributed by atoms with Crippen molar-refractivity contribution in [1.82, 2.24) is 9.62 Å². The Morgan fingerprint density at radius 2 is 1.72 bits per heavy atom. The summed E-state index contributed by atoms with van der Waals surface area (Å²) >= 11 is 0. The summed E-state index contributed by atoms with van der Waals surface area (Å²) in [4.78, 5) is 25.3. The number of hydrogen-bond donors (Lipinski definition) is 2. The predicted molar refractivity (Wildman–Crippen MR) is 109 cm³/mol. The molecular formula is C21H23N3O4S. The van der Waals surface area contributed by atoms with Gasteiger partial charge in [0.25, 0.3) is 5.91 Å². The smallest absolute Gasteiger partial charge is 0.251 e. The quantitative estimate of drug-likeness (QED) is 0.760. The molecule has 2 N–H and O–H groups in total. The van der Waals surface area contributed by atoms with Crippen LogP contribution in [0.4, 0.5) is 5.69 Å². The Hall–Kier alpha value is -2.71. The van der Waals surface area contributed by atoms with Crippen LogP contribution < -0.4 is 10.6 Å². The second-order valence-corrected chi connectivity index (χ2v) is 9.30. The molecule has 1 unspecified atom stereocenters. The number of sulfonamides is 1. The fraction of sp³-hybridized carbons (Fsp3) is 0.333. The predicted octanol–water partition coefficient (Wildman–Crippen LogP) is 2.37. The second kappa shape index (κ2) is 7.96. The molecule has 2 aliphatic rings. The van der Waals surface area contributed by atoms with Crippen molar-refractivity contribution in [2.75, 3.05) is 11.9 Å². The minimum atomic E-state index is -3.74. The van der Waals surface area contributed by atoms with Crippen molar-refractivity contribution >= 4 is 27.5 Å². The Morgan fingerprint density at radius 3 is 2.45 bits per heavy atom. The summed E-state index contributed by atoms with van der Waals surface area (Å²) in [5.41, 5.74) is 0.942. The van der Waals surface area contributed by atoms with Crippen molar-refractivity contribution in [2.24, 2.45) is 0 Å². The third-order valence-electron chi connectivity index (χ3n) is 5.16. The summed E-state index contributed by atoms with van der Waals surface area (Å²) in [5, 5.41) is 5.69. The van der Waals surface area contributed by atoms with E-state index in [0.29, 0.717) is 30.6 Å². The Labute approximate surface area is 170 Å². The first-order chi connectivity index (χ1) is 13.9. The van der Waals surface area contributed by atoms with Gasteiger partial charge in [-0.1, -0.05) is 24.3 Å². The lowest BCUT2D eigenvalue weighted by Gasteiger charge is -2.23. The van der Waals surface area contributed by atoms with Crippen LogP contribution in [0.5, 0.6) is 0 Å². The lowest BCUT2D eigenvalue weighted by molar-refractivity contribution is -0.119. The van der Waals surface area contributed by atoms with Crippen LogP contribution in [-0.2, 0) is 14.8 Å². The van der Waals surface area contributed by atoms with E-state index in [-0.39, 0.29) is 22.8 Å². The minimum Gasteiger partial charge on any atom is -0.349 e. The molecule has 4 rings (SSSR count). The molecular weight excluding hydrogens is 390 g/mol. The van der Waals surface area contributed by atoms with E-state index in [2.05, 4.69) is 10.6 Å². The van der Waals surface area contributed by atoms with E-state index in [1.165, 1.54) is 16.4 Å². The number of anilines is 1. The number of amides is 2. The monoisotopic (exact) mass is 413 g/mol. The van der Waals surface area contributed by atoms with Crippen LogP contribution in [0.15, 0.2) is 59.5 Å². The molecule has 2 fully saturated rings. The average Bonchev–Trinajstić information content (AvgIpc) is 3.39. The zero-order valence-electron chi connectivity index (χ0n) is 15.9. The zero-order chi connectivity index (χ0) is 20.4. The number of benzene rings is 2. The highest BCUT2D eigenvalue weighted by Gasteiger charge is 2.39. The van der Waals surface area contributed by atoms with Crippen molar-refractivity contribution in [3.05, 3.63) is 60.2 Å². The van der Waals surface area contributed by atoms with Gasteiger partial charge in [-0.05, 0) is 56.0 Å². The molecule has 7 nitrogen and oxygen atoms in total. The van der Waals surface area contributed by atoms with Gasteiger partial charge in [-0.25, -0.2) is 8.42 Å². The summed E-state index contributed by atoms with van der Waals surface area (Å²) in [6.07, 6.45) is 3.07. The third kappa shape index (κ3) is 4.33. The van der Waals surface area contributed by atoms with Crippen LogP contribution in [0.1, 0.15) is 36.0 Å². The normalized spacial score (nSPS) is 19.7. The standard InChI is InChI=1S/C21H23N3O4S/c25-20(22-16-11-12-16)15-6-4-7-17(14-15)23-21(26)19-10-5-13-24(19)29(27,28)18-8-2-1-3-9-18/h1-4,6-9,14,16,19H,5,10-13H2,(H,22,25)(H,23,26). The molecule has 2 aromatic carbocycles. The molecule has 0 aromatic heterocycles. The van der Waals surface area contributed by atoms with Gasteiger partial charge in [0, 0.05) is 23.8 Å². The lowest BCUT2D eigenvalue weighted by atomic mass is 10.1. The van der Waals surface area contributed by atoms with Gasteiger partial charge in [-0.3, -0.25) is 9.59 Å². The molecule has 1 saturated heterocycles. The first-order valence-corrected chi connectivity index (χ1v) is 11.2. The van der Waals surface area contributed by atoms with Crippen molar-refractivity contribution in [1.29, 1.82) is 0 Å². The summed E-state index contributed by atoms with van der Waals surface area (Å²) in [5.74, 6) is -0.556. The van der Waals surface area contributed by atoms with Gasteiger partial charge in [0.15, 0.2) is 0 Å². The Morgan fingerprint density at radius 1 is 0.966 bits per heavy atom. The molecule has 1 saturated carbocycles. The van der Waals surface area contributed by atoms with E-state index in [4.69, 9.17) is 0 Å². The lowest BCUT2D eigenvalue weighted by Crippen LogP contribution is -2.43. The summed E-state index contributed by atoms with van der Waals surface area (Å²) in [7, 11) is -3.74. The van der Waals surface area contributed by atoms with Gasteiger partial charge >= 0.3 is 0 Å². The number of hydrogen-bond acceptors (Lipinski definition) is 4. The summed E-state index contributed by atoms with van der Waals surface area (Å²) in [6, 6.07) is 14.3. The third-order valence-corrected chi connectivity index (χ3v) is 7.08. The zero-order valence-corrected chi connectivity index (χ0v) is 16.7.